The number of ether oxygens (including phenoxy) is 1. The monoisotopic (exact) mass is 291 g/mol. The standard InChI is InChI=1S/C15H18FN3O2/c1-10-6-14(11-4-3-5-12(16)7-11)18-19-15(10)17-8-13(20)9-21-2/h3-7,13,20H,8-9H2,1-2H3,(H,17,19)/t13-/m1/s1. The zero-order valence-corrected chi connectivity index (χ0v) is 12.0. The highest BCUT2D eigenvalue weighted by Crippen LogP contribution is 2.20. The Balaban J connectivity index is 2.10. The van der Waals surface area contributed by atoms with Gasteiger partial charge in [0.1, 0.15) is 5.82 Å². The molecule has 6 heteroatoms. The summed E-state index contributed by atoms with van der Waals surface area (Å²) < 4.78 is 18.1. The van der Waals surface area contributed by atoms with E-state index in [-0.39, 0.29) is 12.4 Å². The topological polar surface area (TPSA) is 67.3 Å². The van der Waals surface area contributed by atoms with Crippen LogP contribution in [0.3, 0.4) is 0 Å². The van der Waals surface area contributed by atoms with Crippen molar-refractivity contribution in [2.75, 3.05) is 25.6 Å². The van der Waals surface area contributed by atoms with Crippen molar-refractivity contribution in [2.24, 2.45) is 0 Å². The molecule has 1 heterocycles. The zero-order valence-electron chi connectivity index (χ0n) is 12.0. The summed E-state index contributed by atoms with van der Waals surface area (Å²) >= 11 is 0. The molecule has 2 N–H and O–H groups in total. The molecule has 21 heavy (non-hydrogen) atoms. The molecule has 2 rings (SSSR count). The first-order valence-corrected chi connectivity index (χ1v) is 6.61. The molecule has 0 aliphatic rings. The Bertz CT molecular complexity index is 607. The second-order valence-corrected chi connectivity index (χ2v) is 4.76. The van der Waals surface area contributed by atoms with Crippen molar-refractivity contribution in [1.29, 1.82) is 0 Å². The van der Waals surface area contributed by atoms with Crippen LogP contribution in [-0.4, -0.2) is 41.7 Å². The van der Waals surface area contributed by atoms with Gasteiger partial charge in [-0.1, -0.05) is 12.1 Å². The van der Waals surface area contributed by atoms with E-state index in [1.54, 1.807) is 12.1 Å². The maximum Gasteiger partial charge on any atom is 0.151 e. The van der Waals surface area contributed by atoms with Gasteiger partial charge in [0.2, 0.25) is 0 Å². The first-order chi connectivity index (χ1) is 10.1. The fourth-order valence-electron chi connectivity index (χ4n) is 1.91. The fraction of sp³-hybridized carbons (Fsp3) is 0.333. The minimum Gasteiger partial charge on any atom is -0.389 e. The van der Waals surface area contributed by atoms with Crippen LogP contribution in [-0.2, 0) is 4.74 Å². The smallest absolute Gasteiger partial charge is 0.151 e. The van der Waals surface area contributed by atoms with Crippen LogP contribution in [0.15, 0.2) is 30.3 Å². The molecule has 0 radical (unpaired) electrons. The normalized spacial score (nSPS) is 12.2. The Kier molecular flexibility index (Phi) is 5.19. The number of rotatable bonds is 6. The SMILES string of the molecule is COC[C@H](O)CNc1nnc(-c2cccc(F)c2)cc1C. The summed E-state index contributed by atoms with van der Waals surface area (Å²) in [4.78, 5) is 0. The summed E-state index contributed by atoms with van der Waals surface area (Å²) in [7, 11) is 1.53. The molecule has 0 unspecified atom stereocenters. The van der Waals surface area contributed by atoms with E-state index in [0.717, 1.165) is 5.56 Å². The highest BCUT2D eigenvalue weighted by molar-refractivity contribution is 5.61. The molecule has 0 amide bonds. The average molecular weight is 291 g/mol. The number of nitrogens with one attached hydrogen (secondary N) is 1. The minimum atomic E-state index is -0.612. The molecule has 0 aliphatic heterocycles. The predicted molar refractivity (Wildman–Crippen MR) is 78.5 cm³/mol. The van der Waals surface area contributed by atoms with E-state index in [4.69, 9.17) is 4.74 Å². The van der Waals surface area contributed by atoms with Gasteiger partial charge in [-0.25, -0.2) is 4.39 Å². The van der Waals surface area contributed by atoms with Crippen LogP contribution in [0.1, 0.15) is 5.56 Å². The van der Waals surface area contributed by atoms with Gasteiger partial charge in [-0.15, -0.1) is 10.2 Å². The molecule has 5 nitrogen and oxygen atoms in total. The van der Waals surface area contributed by atoms with Crippen LogP contribution in [0, 0.1) is 12.7 Å². The lowest BCUT2D eigenvalue weighted by atomic mass is 10.1. The molecule has 1 atom stereocenters. The van der Waals surface area contributed by atoms with Gasteiger partial charge < -0.3 is 15.2 Å². The first-order valence-electron chi connectivity index (χ1n) is 6.61. The molecule has 2 aromatic rings. The molecular weight excluding hydrogens is 273 g/mol. The Morgan fingerprint density at radius 1 is 1.33 bits per heavy atom. The third-order valence-electron chi connectivity index (χ3n) is 2.97. The number of aliphatic hydroxyl groups is 1. The Hall–Kier alpha value is -2.05. The molecule has 1 aromatic carbocycles. The van der Waals surface area contributed by atoms with Gasteiger partial charge in [0, 0.05) is 19.2 Å². The summed E-state index contributed by atoms with van der Waals surface area (Å²) in [5, 5.41) is 20.8. The maximum absolute atomic E-state index is 13.2. The second kappa shape index (κ2) is 7.10. The number of anilines is 1. The quantitative estimate of drug-likeness (QED) is 0.852. The van der Waals surface area contributed by atoms with Crippen LogP contribution in [0.4, 0.5) is 10.2 Å². The number of benzene rings is 1. The largest absolute Gasteiger partial charge is 0.389 e. The summed E-state index contributed by atoms with van der Waals surface area (Å²) in [5.41, 5.74) is 2.15. The predicted octanol–water partition coefficient (Wildman–Crippen LogP) is 2.01. The number of aromatic nitrogens is 2. The lowest BCUT2D eigenvalue weighted by Gasteiger charge is -2.12. The Morgan fingerprint density at radius 2 is 2.14 bits per heavy atom. The molecule has 0 saturated carbocycles. The van der Waals surface area contributed by atoms with Gasteiger partial charge in [0.15, 0.2) is 5.82 Å². The fourth-order valence-corrected chi connectivity index (χ4v) is 1.91. The van der Waals surface area contributed by atoms with Crippen molar-refractivity contribution < 1.29 is 14.2 Å². The molecular formula is C15H18FN3O2. The average Bonchev–Trinajstić information content (AvgIpc) is 2.46. The van der Waals surface area contributed by atoms with Crippen molar-refractivity contribution >= 4 is 5.82 Å². The van der Waals surface area contributed by atoms with Crippen molar-refractivity contribution in [3.05, 3.63) is 41.7 Å². The summed E-state index contributed by atoms with van der Waals surface area (Å²) in [6.45, 7) is 2.45. The van der Waals surface area contributed by atoms with E-state index in [1.807, 2.05) is 13.0 Å². The van der Waals surface area contributed by atoms with Crippen LogP contribution >= 0.6 is 0 Å². The summed E-state index contributed by atoms with van der Waals surface area (Å²) in [5.74, 6) is 0.280. The number of aliphatic hydroxyl groups excluding tert-OH is 1. The van der Waals surface area contributed by atoms with E-state index in [2.05, 4.69) is 15.5 Å². The molecule has 0 aliphatic carbocycles. The van der Waals surface area contributed by atoms with Gasteiger partial charge >= 0.3 is 0 Å². The van der Waals surface area contributed by atoms with Gasteiger partial charge in [0.05, 0.1) is 18.4 Å². The highest BCUT2D eigenvalue weighted by Gasteiger charge is 2.08. The number of halogens is 1. The second-order valence-electron chi connectivity index (χ2n) is 4.76. The van der Waals surface area contributed by atoms with E-state index >= 15 is 0 Å². The van der Waals surface area contributed by atoms with E-state index < -0.39 is 6.10 Å². The van der Waals surface area contributed by atoms with Crippen molar-refractivity contribution in [3.8, 4) is 11.3 Å². The zero-order chi connectivity index (χ0) is 15.2. The minimum absolute atomic E-state index is 0.251. The van der Waals surface area contributed by atoms with Crippen LogP contribution < -0.4 is 5.32 Å². The van der Waals surface area contributed by atoms with Gasteiger partial charge in [0.25, 0.3) is 0 Å². The highest BCUT2D eigenvalue weighted by atomic mass is 19.1. The van der Waals surface area contributed by atoms with E-state index in [0.29, 0.717) is 23.6 Å². The van der Waals surface area contributed by atoms with Gasteiger partial charge in [-0.3, -0.25) is 0 Å². The first kappa shape index (κ1) is 15.3. The molecule has 112 valence electrons. The summed E-state index contributed by atoms with van der Waals surface area (Å²) in [6, 6.07) is 8.04. The third-order valence-corrected chi connectivity index (χ3v) is 2.97. The molecule has 0 fully saturated rings. The third kappa shape index (κ3) is 4.21. The number of hydrogen-bond donors (Lipinski definition) is 2. The molecule has 1 aromatic heterocycles. The molecule has 0 bridgehead atoms. The van der Waals surface area contributed by atoms with Crippen LogP contribution in [0.5, 0.6) is 0 Å². The van der Waals surface area contributed by atoms with E-state index in [1.165, 1.54) is 19.2 Å². The lowest BCUT2D eigenvalue weighted by Crippen LogP contribution is -2.24. The Morgan fingerprint density at radius 3 is 2.81 bits per heavy atom. The van der Waals surface area contributed by atoms with Crippen molar-refractivity contribution in [2.45, 2.75) is 13.0 Å². The van der Waals surface area contributed by atoms with Crippen LogP contribution in [0.25, 0.3) is 11.3 Å². The van der Waals surface area contributed by atoms with Gasteiger partial charge in [-0.05, 0) is 30.7 Å². The van der Waals surface area contributed by atoms with Gasteiger partial charge in [-0.2, -0.15) is 0 Å². The Labute approximate surface area is 122 Å². The van der Waals surface area contributed by atoms with Crippen LogP contribution in [0.2, 0.25) is 0 Å². The molecule has 0 spiro atoms. The number of nitrogens with zero attached hydrogens (tertiary/aromatic N) is 2. The number of hydrogen-bond acceptors (Lipinski definition) is 5. The molecule has 0 saturated heterocycles. The number of aryl methyl sites for hydroxylation is 1. The van der Waals surface area contributed by atoms with Crippen molar-refractivity contribution in [1.82, 2.24) is 10.2 Å². The van der Waals surface area contributed by atoms with Crippen molar-refractivity contribution in [3.63, 3.8) is 0 Å². The number of methoxy groups -OCH3 is 1. The maximum atomic E-state index is 13.2. The summed E-state index contributed by atoms with van der Waals surface area (Å²) in [6.07, 6.45) is -0.612. The van der Waals surface area contributed by atoms with E-state index in [9.17, 15) is 9.50 Å². The lowest BCUT2D eigenvalue weighted by molar-refractivity contribution is 0.0727.